The number of esters is 1. The Balaban J connectivity index is 2.02. The van der Waals surface area contributed by atoms with E-state index in [9.17, 15) is 4.79 Å². The molecule has 0 fully saturated rings. The zero-order chi connectivity index (χ0) is 10.0. The summed E-state index contributed by atoms with van der Waals surface area (Å²) < 4.78 is 4.98. The lowest BCUT2D eigenvalue weighted by Gasteiger charge is -2.17. The number of oxime groups is 1. The maximum atomic E-state index is 11.6. The first-order valence-corrected chi connectivity index (χ1v) is 4.12. The van der Waals surface area contributed by atoms with E-state index in [0.29, 0.717) is 12.3 Å². The van der Waals surface area contributed by atoms with E-state index in [1.807, 2.05) is 0 Å². The molecule has 0 aliphatic carbocycles. The van der Waals surface area contributed by atoms with Gasteiger partial charge in [0, 0.05) is 18.7 Å². The van der Waals surface area contributed by atoms with E-state index in [1.165, 1.54) is 12.4 Å². The first-order valence-electron chi connectivity index (χ1n) is 4.12. The topological polar surface area (TPSA) is 76.6 Å². The largest absolute Gasteiger partial charge is 0.405 e. The lowest BCUT2D eigenvalue weighted by atomic mass is 10.1. The molecule has 74 valence electrons. The lowest BCUT2D eigenvalue weighted by molar-refractivity contribution is -0.157. The van der Waals surface area contributed by atoms with Crippen molar-refractivity contribution in [1.29, 1.82) is 0 Å². The summed E-state index contributed by atoms with van der Waals surface area (Å²) in [5.41, 5.74) is -1.01. The molecule has 0 saturated carbocycles. The number of nitrogens with one attached hydrogen (secondary N) is 1. The molecule has 0 bridgehead atoms. The molecule has 0 spiro atoms. The minimum Gasteiger partial charge on any atom is -0.405 e. The van der Waals surface area contributed by atoms with Crippen LogP contribution in [0.4, 0.5) is 0 Å². The standard InChI is InChI=1S/C8H9N3O3/c1-8(3-5-10-14-8)7(12)13-6-2-4-9-11-6/h2,4-5H,3H2,1H3,(H,9,11). The number of carbonyl (C=O) groups excluding carboxylic acids is 1. The fraction of sp³-hybridized carbons (Fsp3) is 0.375. The average Bonchev–Trinajstić information content (AvgIpc) is 2.76. The number of aromatic nitrogens is 2. The Hall–Kier alpha value is -1.85. The zero-order valence-corrected chi connectivity index (χ0v) is 7.56. The predicted molar refractivity (Wildman–Crippen MR) is 46.8 cm³/mol. The molecule has 1 atom stereocenters. The van der Waals surface area contributed by atoms with Crippen LogP contribution < -0.4 is 4.74 Å². The predicted octanol–water partition coefficient (Wildman–Crippen LogP) is 0.480. The molecule has 14 heavy (non-hydrogen) atoms. The van der Waals surface area contributed by atoms with Crippen LogP contribution in [0.1, 0.15) is 13.3 Å². The molecule has 6 nitrogen and oxygen atoms in total. The summed E-state index contributed by atoms with van der Waals surface area (Å²) >= 11 is 0. The van der Waals surface area contributed by atoms with Gasteiger partial charge in [-0.15, -0.1) is 0 Å². The fourth-order valence-corrected chi connectivity index (χ4v) is 1.03. The molecular weight excluding hydrogens is 186 g/mol. The van der Waals surface area contributed by atoms with Gasteiger partial charge in [0.2, 0.25) is 11.5 Å². The van der Waals surface area contributed by atoms with Crippen molar-refractivity contribution in [1.82, 2.24) is 10.2 Å². The summed E-state index contributed by atoms with van der Waals surface area (Å²) in [6.45, 7) is 1.62. The first-order chi connectivity index (χ1) is 6.71. The SMILES string of the molecule is CC1(C(=O)Oc2ccn[nH]2)CC=NO1. The monoisotopic (exact) mass is 195 g/mol. The van der Waals surface area contributed by atoms with Gasteiger partial charge in [0.25, 0.3) is 0 Å². The Labute approximate surface area is 79.9 Å². The Kier molecular flexibility index (Phi) is 1.95. The van der Waals surface area contributed by atoms with Crippen molar-refractivity contribution in [3.63, 3.8) is 0 Å². The second-order valence-electron chi connectivity index (χ2n) is 3.12. The van der Waals surface area contributed by atoms with Crippen LogP contribution in [0.25, 0.3) is 0 Å². The molecule has 1 aliphatic heterocycles. The summed E-state index contributed by atoms with van der Waals surface area (Å²) in [5, 5.41) is 9.70. The molecule has 0 radical (unpaired) electrons. The summed E-state index contributed by atoms with van der Waals surface area (Å²) in [4.78, 5) is 16.5. The number of H-pyrrole nitrogens is 1. The highest BCUT2D eigenvalue weighted by Crippen LogP contribution is 2.22. The highest BCUT2D eigenvalue weighted by Gasteiger charge is 2.40. The minimum atomic E-state index is -1.01. The van der Waals surface area contributed by atoms with Crippen molar-refractivity contribution in [2.75, 3.05) is 0 Å². The molecule has 1 N–H and O–H groups in total. The number of carbonyl (C=O) groups is 1. The maximum Gasteiger partial charge on any atom is 0.360 e. The maximum absolute atomic E-state index is 11.6. The third-order valence-corrected chi connectivity index (χ3v) is 1.92. The molecule has 0 aromatic carbocycles. The van der Waals surface area contributed by atoms with Crippen LogP contribution in [0.3, 0.4) is 0 Å². The highest BCUT2D eigenvalue weighted by atomic mass is 16.7. The van der Waals surface area contributed by atoms with Crippen molar-refractivity contribution in [3.8, 4) is 5.88 Å². The number of hydrogen-bond acceptors (Lipinski definition) is 5. The Morgan fingerprint density at radius 2 is 2.64 bits per heavy atom. The number of rotatable bonds is 2. The molecule has 1 aliphatic rings. The van der Waals surface area contributed by atoms with Crippen molar-refractivity contribution < 1.29 is 14.4 Å². The second kappa shape index (κ2) is 3.13. The van der Waals surface area contributed by atoms with Gasteiger partial charge in [-0.2, -0.15) is 5.10 Å². The van der Waals surface area contributed by atoms with Crippen LogP contribution in [0.2, 0.25) is 0 Å². The number of ether oxygens (including phenoxy) is 1. The Morgan fingerprint density at radius 1 is 1.79 bits per heavy atom. The second-order valence-corrected chi connectivity index (χ2v) is 3.12. The van der Waals surface area contributed by atoms with Gasteiger partial charge in [-0.25, -0.2) is 9.89 Å². The van der Waals surface area contributed by atoms with Gasteiger partial charge in [-0.1, -0.05) is 5.16 Å². The van der Waals surface area contributed by atoms with Crippen LogP contribution >= 0.6 is 0 Å². The molecule has 1 unspecified atom stereocenters. The quantitative estimate of drug-likeness (QED) is 0.696. The van der Waals surface area contributed by atoms with Gasteiger partial charge in [-0.05, 0) is 6.92 Å². The van der Waals surface area contributed by atoms with Crippen LogP contribution in [-0.2, 0) is 9.63 Å². The summed E-state index contributed by atoms with van der Waals surface area (Å²) in [6, 6.07) is 1.55. The van der Waals surface area contributed by atoms with E-state index in [2.05, 4.69) is 15.4 Å². The third-order valence-electron chi connectivity index (χ3n) is 1.92. The molecule has 0 amide bonds. The zero-order valence-electron chi connectivity index (χ0n) is 7.56. The number of nitrogens with zero attached hydrogens (tertiary/aromatic N) is 2. The number of aromatic amines is 1. The first kappa shape index (κ1) is 8.74. The minimum absolute atomic E-state index is 0.298. The van der Waals surface area contributed by atoms with Crippen LogP contribution in [0.15, 0.2) is 17.4 Å². The van der Waals surface area contributed by atoms with E-state index < -0.39 is 11.6 Å². The van der Waals surface area contributed by atoms with Gasteiger partial charge in [0.15, 0.2) is 0 Å². The van der Waals surface area contributed by atoms with E-state index in [-0.39, 0.29) is 0 Å². The molecule has 1 aromatic heterocycles. The van der Waals surface area contributed by atoms with Gasteiger partial charge in [-0.3, -0.25) is 0 Å². The summed E-state index contributed by atoms with van der Waals surface area (Å²) in [6.07, 6.45) is 3.45. The van der Waals surface area contributed by atoms with E-state index in [0.717, 1.165) is 0 Å². The van der Waals surface area contributed by atoms with Crippen molar-refractivity contribution >= 4 is 12.2 Å². The van der Waals surface area contributed by atoms with Crippen molar-refractivity contribution in [3.05, 3.63) is 12.3 Å². The van der Waals surface area contributed by atoms with E-state index in [1.54, 1.807) is 13.0 Å². The Morgan fingerprint density at radius 3 is 3.21 bits per heavy atom. The summed E-state index contributed by atoms with van der Waals surface area (Å²) in [7, 11) is 0. The molecule has 2 heterocycles. The molecule has 2 rings (SSSR count). The highest BCUT2D eigenvalue weighted by molar-refractivity contribution is 5.85. The molecule has 6 heteroatoms. The van der Waals surface area contributed by atoms with Crippen LogP contribution in [0, 0.1) is 0 Å². The normalized spacial score (nSPS) is 24.6. The molecule has 1 aromatic rings. The third kappa shape index (κ3) is 1.46. The van der Waals surface area contributed by atoms with Gasteiger partial charge >= 0.3 is 5.97 Å². The van der Waals surface area contributed by atoms with Crippen LogP contribution in [0.5, 0.6) is 5.88 Å². The van der Waals surface area contributed by atoms with Gasteiger partial charge < -0.3 is 9.57 Å². The van der Waals surface area contributed by atoms with E-state index in [4.69, 9.17) is 9.57 Å². The van der Waals surface area contributed by atoms with Crippen molar-refractivity contribution in [2.45, 2.75) is 18.9 Å². The lowest BCUT2D eigenvalue weighted by Crippen LogP contribution is -2.38. The number of hydrogen-bond donors (Lipinski definition) is 1. The van der Waals surface area contributed by atoms with Crippen LogP contribution in [-0.4, -0.2) is 28.0 Å². The smallest absolute Gasteiger partial charge is 0.360 e. The Bertz CT molecular complexity index is 350. The van der Waals surface area contributed by atoms with E-state index >= 15 is 0 Å². The van der Waals surface area contributed by atoms with Gasteiger partial charge in [0.05, 0.1) is 6.20 Å². The van der Waals surface area contributed by atoms with Crippen molar-refractivity contribution in [2.24, 2.45) is 5.16 Å². The van der Waals surface area contributed by atoms with Gasteiger partial charge in [0.1, 0.15) is 0 Å². The fourth-order valence-electron chi connectivity index (χ4n) is 1.03. The average molecular weight is 195 g/mol. The summed E-state index contributed by atoms with van der Waals surface area (Å²) in [5.74, 6) is -0.189. The molecular formula is C8H9N3O3. The molecule has 0 saturated heterocycles.